The predicted molar refractivity (Wildman–Crippen MR) is 68.7 cm³/mol. The van der Waals surface area contributed by atoms with Gasteiger partial charge in [-0.15, -0.1) is 0 Å². The van der Waals surface area contributed by atoms with E-state index in [2.05, 4.69) is 31.5 Å². The molecular formula is C10H13BrClN3O. The fourth-order valence-corrected chi connectivity index (χ4v) is 1.65. The topological polar surface area (TPSA) is 54.0 Å². The van der Waals surface area contributed by atoms with Crippen LogP contribution in [0, 0.1) is 5.92 Å². The number of nitrogens with one attached hydrogen (secondary N) is 2. The molecule has 1 aromatic heterocycles. The third kappa shape index (κ3) is 3.73. The molecule has 1 aromatic rings. The van der Waals surface area contributed by atoms with E-state index in [4.69, 9.17) is 11.6 Å². The summed E-state index contributed by atoms with van der Waals surface area (Å²) in [5, 5.41) is 5.96. The van der Waals surface area contributed by atoms with Crippen molar-refractivity contribution in [1.29, 1.82) is 0 Å². The second-order valence-corrected chi connectivity index (χ2v) is 4.71. The molecule has 0 aliphatic rings. The number of hydrogen-bond donors (Lipinski definition) is 2. The molecule has 1 heterocycles. The highest BCUT2D eigenvalue weighted by molar-refractivity contribution is 9.10. The fraction of sp³-hybridized carbons (Fsp3) is 0.400. The van der Waals surface area contributed by atoms with Gasteiger partial charge in [0.05, 0.1) is 5.69 Å². The number of rotatable bonds is 4. The second kappa shape index (κ2) is 6.18. The molecule has 0 spiro atoms. The zero-order valence-electron chi connectivity index (χ0n) is 9.05. The van der Waals surface area contributed by atoms with Crippen LogP contribution in [0.2, 0.25) is 5.15 Å². The zero-order valence-corrected chi connectivity index (χ0v) is 11.4. The number of carbonyl (C=O) groups is 1. The van der Waals surface area contributed by atoms with Gasteiger partial charge in [0.1, 0.15) is 0 Å². The molecule has 1 rings (SSSR count). The van der Waals surface area contributed by atoms with E-state index in [1.54, 1.807) is 19.3 Å². The van der Waals surface area contributed by atoms with Gasteiger partial charge in [-0.05, 0) is 29.0 Å². The summed E-state index contributed by atoms with van der Waals surface area (Å²) in [6.45, 7) is 2.45. The first kappa shape index (κ1) is 13.4. The molecule has 0 aliphatic carbocycles. The summed E-state index contributed by atoms with van der Waals surface area (Å²) < 4.78 is 0.772. The molecule has 6 heteroatoms. The minimum absolute atomic E-state index is 0.0869. The van der Waals surface area contributed by atoms with Crippen molar-refractivity contribution >= 4 is 39.1 Å². The largest absolute Gasteiger partial charge is 0.323 e. The van der Waals surface area contributed by atoms with Crippen molar-refractivity contribution in [3.63, 3.8) is 0 Å². The lowest BCUT2D eigenvalue weighted by Crippen LogP contribution is -2.28. The van der Waals surface area contributed by atoms with Crippen LogP contribution in [-0.4, -0.2) is 24.5 Å². The van der Waals surface area contributed by atoms with E-state index in [0.29, 0.717) is 12.2 Å². The normalized spacial score (nSPS) is 12.2. The highest BCUT2D eigenvalue weighted by Crippen LogP contribution is 2.23. The van der Waals surface area contributed by atoms with Crippen molar-refractivity contribution in [2.45, 2.75) is 6.92 Å². The Hall–Kier alpha value is -0.650. The molecule has 1 unspecified atom stereocenters. The van der Waals surface area contributed by atoms with Gasteiger partial charge in [-0.3, -0.25) is 4.79 Å². The van der Waals surface area contributed by atoms with Crippen LogP contribution in [0.1, 0.15) is 6.92 Å². The molecule has 0 saturated heterocycles. The van der Waals surface area contributed by atoms with Crippen LogP contribution in [0.25, 0.3) is 0 Å². The number of aromatic nitrogens is 1. The summed E-state index contributed by atoms with van der Waals surface area (Å²) in [4.78, 5) is 15.6. The lowest BCUT2D eigenvalue weighted by atomic mass is 10.1. The first-order valence-corrected chi connectivity index (χ1v) is 5.98. The quantitative estimate of drug-likeness (QED) is 0.839. The van der Waals surface area contributed by atoms with E-state index in [9.17, 15) is 4.79 Å². The maximum absolute atomic E-state index is 11.7. The molecule has 1 amide bonds. The summed E-state index contributed by atoms with van der Waals surface area (Å²) >= 11 is 9.13. The van der Waals surface area contributed by atoms with Crippen LogP contribution < -0.4 is 10.6 Å². The lowest BCUT2D eigenvalue weighted by molar-refractivity contribution is -0.119. The van der Waals surface area contributed by atoms with Crippen molar-refractivity contribution in [3.05, 3.63) is 21.9 Å². The number of anilines is 1. The summed E-state index contributed by atoms with van der Waals surface area (Å²) in [6, 6.07) is 1.72. The summed E-state index contributed by atoms with van der Waals surface area (Å²) in [7, 11) is 1.80. The van der Waals surface area contributed by atoms with Crippen molar-refractivity contribution in [1.82, 2.24) is 10.3 Å². The third-order valence-corrected chi connectivity index (χ3v) is 2.76. The molecule has 88 valence electrons. The van der Waals surface area contributed by atoms with Gasteiger partial charge in [-0.25, -0.2) is 4.98 Å². The fourth-order valence-electron chi connectivity index (χ4n) is 1.17. The maximum Gasteiger partial charge on any atom is 0.228 e. The lowest BCUT2D eigenvalue weighted by Gasteiger charge is -2.12. The Bertz CT molecular complexity index is 386. The van der Waals surface area contributed by atoms with Gasteiger partial charge < -0.3 is 10.6 Å². The SMILES string of the molecule is CNCC(C)C(=O)Nc1cc(Br)cnc1Cl. The summed E-state index contributed by atoms with van der Waals surface area (Å²) in [6.07, 6.45) is 1.58. The molecule has 1 atom stereocenters. The first-order chi connectivity index (χ1) is 7.54. The van der Waals surface area contributed by atoms with E-state index in [1.807, 2.05) is 6.92 Å². The Labute approximate surface area is 108 Å². The van der Waals surface area contributed by atoms with E-state index in [1.165, 1.54) is 0 Å². The number of pyridine rings is 1. The molecule has 16 heavy (non-hydrogen) atoms. The maximum atomic E-state index is 11.7. The summed E-state index contributed by atoms with van der Waals surface area (Å²) in [5.41, 5.74) is 0.518. The molecule has 0 bridgehead atoms. The minimum Gasteiger partial charge on any atom is -0.323 e. The monoisotopic (exact) mass is 305 g/mol. The average Bonchev–Trinajstić information content (AvgIpc) is 2.23. The van der Waals surface area contributed by atoms with E-state index < -0.39 is 0 Å². The van der Waals surface area contributed by atoms with Crippen LogP contribution in [0.15, 0.2) is 16.7 Å². The Morgan fingerprint density at radius 3 is 3.00 bits per heavy atom. The van der Waals surface area contributed by atoms with Gasteiger partial charge in [0, 0.05) is 23.1 Å². The van der Waals surface area contributed by atoms with Crippen LogP contribution >= 0.6 is 27.5 Å². The Balaban J connectivity index is 2.72. The van der Waals surface area contributed by atoms with E-state index in [0.717, 1.165) is 4.47 Å². The van der Waals surface area contributed by atoms with Crippen molar-refractivity contribution < 1.29 is 4.79 Å². The van der Waals surface area contributed by atoms with E-state index in [-0.39, 0.29) is 17.0 Å². The summed E-state index contributed by atoms with van der Waals surface area (Å²) in [5.74, 6) is -0.212. The van der Waals surface area contributed by atoms with Crippen LogP contribution in [0.4, 0.5) is 5.69 Å². The molecule has 0 aliphatic heterocycles. The van der Waals surface area contributed by atoms with Gasteiger partial charge in [-0.2, -0.15) is 0 Å². The van der Waals surface area contributed by atoms with Gasteiger partial charge in [-0.1, -0.05) is 18.5 Å². The molecule has 0 radical (unpaired) electrons. The molecule has 0 saturated carbocycles. The van der Waals surface area contributed by atoms with Crippen molar-refractivity contribution in [2.24, 2.45) is 5.92 Å². The molecule has 2 N–H and O–H groups in total. The number of halogens is 2. The number of carbonyl (C=O) groups excluding carboxylic acids is 1. The van der Waals surface area contributed by atoms with Crippen molar-refractivity contribution in [3.8, 4) is 0 Å². The van der Waals surface area contributed by atoms with E-state index >= 15 is 0 Å². The molecular weight excluding hydrogens is 293 g/mol. The minimum atomic E-state index is -0.125. The molecule has 0 aromatic carbocycles. The van der Waals surface area contributed by atoms with Crippen LogP contribution in [-0.2, 0) is 4.79 Å². The number of amides is 1. The molecule has 4 nitrogen and oxygen atoms in total. The van der Waals surface area contributed by atoms with Crippen LogP contribution in [0.3, 0.4) is 0 Å². The Morgan fingerprint density at radius 2 is 2.38 bits per heavy atom. The van der Waals surface area contributed by atoms with Crippen molar-refractivity contribution in [2.75, 3.05) is 18.9 Å². The van der Waals surface area contributed by atoms with Gasteiger partial charge in [0.15, 0.2) is 5.15 Å². The average molecular weight is 307 g/mol. The highest BCUT2D eigenvalue weighted by atomic mass is 79.9. The van der Waals surface area contributed by atoms with Gasteiger partial charge in [0.2, 0.25) is 5.91 Å². The third-order valence-electron chi connectivity index (χ3n) is 2.02. The van der Waals surface area contributed by atoms with Crippen LogP contribution in [0.5, 0.6) is 0 Å². The smallest absolute Gasteiger partial charge is 0.228 e. The number of nitrogens with zero attached hydrogens (tertiary/aromatic N) is 1. The first-order valence-electron chi connectivity index (χ1n) is 4.81. The Kier molecular flexibility index (Phi) is 5.18. The molecule has 0 fully saturated rings. The van der Waals surface area contributed by atoms with Gasteiger partial charge in [0.25, 0.3) is 0 Å². The number of hydrogen-bond acceptors (Lipinski definition) is 3. The zero-order chi connectivity index (χ0) is 12.1. The Morgan fingerprint density at radius 1 is 1.69 bits per heavy atom. The standard InChI is InChI=1S/C10H13BrClN3O/c1-6(4-13-2)10(16)15-8-3-7(11)5-14-9(8)12/h3,5-6,13H,4H2,1-2H3,(H,15,16). The second-order valence-electron chi connectivity index (χ2n) is 3.44. The van der Waals surface area contributed by atoms with Gasteiger partial charge >= 0.3 is 0 Å². The predicted octanol–water partition coefficient (Wildman–Crippen LogP) is 2.29. The highest BCUT2D eigenvalue weighted by Gasteiger charge is 2.13.